The summed E-state index contributed by atoms with van der Waals surface area (Å²) in [6.07, 6.45) is -10.7. The fourth-order valence-corrected chi connectivity index (χ4v) is 3.77. The van der Waals surface area contributed by atoms with Crippen LogP contribution in [-0.4, -0.2) is 84.9 Å². The maximum Gasteiger partial charge on any atom is 0.203 e. The molecule has 0 saturated carbocycles. The fraction of sp³-hybridized carbons (Fsp3) is 0.381. The fourth-order valence-electron chi connectivity index (χ4n) is 3.77. The molecule has 172 valence electrons. The second-order valence-corrected chi connectivity index (χ2v) is 7.59. The Balaban J connectivity index is 1.72. The first-order valence-corrected chi connectivity index (χ1v) is 9.73. The number of aliphatic hydroxyl groups excluding tert-OH is 4. The second kappa shape index (κ2) is 8.54. The minimum atomic E-state index is -1.77. The number of carbonyl (C=O) groups is 1. The molecule has 1 saturated heterocycles. The van der Waals surface area contributed by atoms with Gasteiger partial charge in [-0.15, -0.1) is 0 Å². The van der Waals surface area contributed by atoms with Crippen molar-refractivity contribution in [1.82, 2.24) is 0 Å². The number of fused-ring (bicyclic) bond motifs is 1. The molecule has 1 fully saturated rings. The third kappa shape index (κ3) is 3.86. The van der Waals surface area contributed by atoms with Crippen LogP contribution in [0, 0.1) is 0 Å². The first kappa shape index (κ1) is 22.3. The lowest BCUT2D eigenvalue weighted by Gasteiger charge is -2.42. The van der Waals surface area contributed by atoms with E-state index in [1.165, 1.54) is 24.3 Å². The molecule has 2 aliphatic rings. The van der Waals surface area contributed by atoms with Crippen LogP contribution in [0.4, 0.5) is 0 Å². The Kier molecular flexibility index (Phi) is 5.95. The Labute approximate surface area is 181 Å². The Bertz CT molecular complexity index is 990. The summed E-state index contributed by atoms with van der Waals surface area (Å²) < 4.78 is 16.9. The van der Waals surface area contributed by atoms with Crippen molar-refractivity contribution >= 4 is 5.78 Å². The zero-order valence-corrected chi connectivity index (χ0v) is 16.5. The van der Waals surface area contributed by atoms with E-state index in [0.717, 1.165) is 12.1 Å². The lowest BCUT2D eigenvalue weighted by atomic mass is 9.92. The Morgan fingerprint density at radius 1 is 0.906 bits per heavy atom. The van der Waals surface area contributed by atoms with Crippen molar-refractivity contribution in [2.75, 3.05) is 6.61 Å². The highest BCUT2D eigenvalue weighted by Crippen LogP contribution is 2.43. The summed E-state index contributed by atoms with van der Waals surface area (Å²) in [5, 5.41) is 69.2. The molecule has 7 N–H and O–H groups in total. The van der Waals surface area contributed by atoms with E-state index in [0.29, 0.717) is 5.56 Å². The molecule has 2 aliphatic heterocycles. The molecule has 0 radical (unpaired) electrons. The highest BCUT2D eigenvalue weighted by atomic mass is 16.7. The van der Waals surface area contributed by atoms with E-state index in [1.54, 1.807) is 0 Å². The van der Waals surface area contributed by atoms with Crippen LogP contribution in [0.15, 0.2) is 36.4 Å². The molecule has 0 amide bonds. The first-order chi connectivity index (χ1) is 15.2. The molecule has 0 spiro atoms. The summed E-state index contributed by atoms with van der Waals surface area (Å²) in [6, 6.07) is 7.72. The lowest BCUT2D eigenvalue weighted by Crippen LogP contribution is -2.60. The standard InChI is InChI=1S/C21H22O11/c22-7-13-15(26)17(28)18(29)21(31-13)32-20-16(27)14-11(25)5-10(24)6-12(14)30-19(20)8-1-3-9(23)4-2-8/h1-6,13,15,17-26,28-29H,7H2/t13-,15+,17+,18-,19+,20-,21+/m1/s1. The van der Waals surface area contributed by atoms with Gasteiger partial charge in [0, 0.05) is 12.1 Å². The Morgan fingerprint density at radius 3 is 2.25 bits per heavy atom. The van der Waals surface area contributed by atoms with Gasteiger partial charge in [0.15, 0.2) is 18.5 Å². The molecule has 0 aromatic heterocycles. The molecule has 2 heterocycles. The van der Waals surface area contributed by atoms with E-state index in [1.807, 2.05) is 0 Å². The van der Waals surface area contributed by atoms with Gasteiger partial charge in [0.05, 0.1) is 6.61 Å². The summed E-state index contributed by atoms with van der Waals surface area (Å²) in [4.78, 5) is 13.3. The number of ketones is 1. The number of phenols is 3. The van der Waals surface area contributed by atoms with E-state index in [-0.39, 0.29) is 22.8 Å². The zero-order valence-electron chi connectivity index (χ0n) is 16.5. The summed E-state index contributed by atoms with van der Waals surface area (Å²) >= 11 is 0. The smallest absolute Gasteiger partial charge is 0.203 e. The monoisotopic (exact) mass is 450 g/mol. The molecule has 0 unspecified atom stereocenters. The van der Waals surface area contributed by atoms with Crippen LogP contribution in [-0.2, 0) is 9.47 Å². The highest BCUT2D eigenvalue weighted by molar-refractivity contribution is 6.05. The van der Waals surface area contributed by atoms with Gasteiger partial charge in [0.1, 0.15) is 53.0 Å². The molecule has 11 heteroatoms. The normalized spacial score (nSPS) is 32.2. The van der Waals surface area contributed by atoms with Crippen LogP contribution in [0.3, 0.4) is 0 Å². The third-order valence-electron chi connectivity index (χ3n) is 5.45. The minimum absolute atomic E-state index is 0.0435. The van der Waals surface area contributed by atoms with Crippen LogP contribution in [0.1, 0.15) is 22.0 Å². The van der Waals surface area contributed by atoms with Gasteiger partial charge in [0.2, 0.25) is 5.78 Å². The number of benzene rings is 2. The zero-order chi connectivity index (χ0) is 23.2. The number of aromatic hydroxyl groups is 3. The number of ether oxygens (including phenoxy) is 3. The molecule has 0 aliphatic carbocycles. The summed E-state index contributed by atoms with van der Waals surface area (Å²) in [5.41, 5.74) is 0.103. The highest BCUT2D eigenvalue weighted by Gasteiger charge is 2.49. The van der Waals surface area contributed by atoms with E-state index in [4.69, 9.17) is 14.2 Å². The topological polar surface area (TPSA) is 186 Å². The number of carbonyl (C=O) groups excluding carboxylic acids is 1. The van der Waals surface area contributed by atoms with Crippen molar-refractivity contribution in [3.05, 3.63) is 47.5 Å². The average Bonchev–Trinajstić information content (AvgIpc) is 2.75. The van der Waals surface area contributed by atoms with E-state index in [2.05, 4.69) is 0 Å². The van der Waals surface area contributed by atoms with E-state index < -0.39 is 61.1 Å². The predicted octanol–water partition coefficient (Wildman–Crippen LogP) is -0.695. The first-order valence-electron chi connectivity index (χ1n) is 9.73. The van der Waals surface area contributed by atoms with Gasteiger partial charge in [0.25, 0.3) is 0 Å². The molecular weight excluding hydrogens is 428 g/mol. The SMILES string of the molecule is O=C1c2c(O)cc(O)cc2O[C@@H](c2ccc(O)cc2)[C@@H]1O[C@@H]1O[C@H](CO)[C@H](O)[C@H](O)[C@H]1O. The van der Waals surface area contributed by atoms with Crippen LogP contribution < -0.4 is 4.74 Å². The number of Topliss-reactive ketones (excluding diaryl/α,β-unsaturated/α-hetero) is 1. The second-order valence-electron chi connectivity index (χ2n) is 7.59. The average molecular weight is 450 g/mol. The molecule has 2 aromatic carbocycles. The van der Waals surface area contributed by atoms with Gasteiger partial charge in [-0.05, 0) is 17.7 Å². The minimum Gasteiger partial charge on any atom is -0.508 e. The quantitative estimate of drug-likeness (QED) is 0.312. The van der Waals surface area contributed by atoms with Gasteiger partial charge in [-0.3, -0.25) is 4.79 Å². The van der Waals surface area contributed by atoms with Crippen LogP contribution in [0.5, 0.6) is 23.0 Å². The molecular formula is C21H22O11. The van der Waals surface area contributed by atoms with Gasteiger partial charge in [-0.2, -0.15) is 0 Å². The predicted molar refractivity (Wildman–Crippen MR) is 104 cm³/mol. The van der Waals surface area contributed by atoms with E-state index in [9.17, 15) is 40.5 Å². The summed E-state index contributed by atoms with van der Waals surface area (Å²) in [5.74, 6) is -1.82. The molecule has 32 heavy (non-hydrogen) atoms. The molecule has 0 bridgehead atoms. The molecule has 11 nitrogen and oxygen atoms in total. The molecule has 4 rings (SSSR count). The Hall–Kier alpha value is -2.93. The van der Waals surface area contributed by atoms with E-state index >= 15 is 0 Å². The molecule has 2 aromatic rings. The lowest BCUT2D eigenvalue weighted by molar-refractivity contribution is -0.311. The maximum absolute atomic E-state index is 13.3. The van der Waals surface area contributed by atoms with Gasteiger partial charge in [-0.1, -0.05) is 12.1 Å². The Morgan fingerprint density at radius 2 is 1.59 bits per heavy atom. The van der Waals surface area contributed by atoms with Crippen molar-refractivity contribution in [2.45, 2.75) is 42.9 Å². The van der Waals surface area contributed by atoms with Gasteiger partial charge >= 0.3 is 0 Å². The van der Waals surface area contributed by atoms with Gasteiger partial charge in [-0.25, -0.2) is 0 Å². The van der Waals surface area contributed by atoms with Gasteiger partial charge < -0.3 is 50.0 Å². The van der Waals surface area contributed by atoms with Crippen molar-refractivity contribution in [2.24, 2.45) is 0 Å². The maximum atomic E-state index is 13.3. The number of phenolic OH excluding ortho intramolecular Hbond substituents is 3. The van der Waals surface area contributed by atoms with Crippen molar-refractivity contribution in [3.8, 4) is 23.0 Å². The molecule has 7 atom stereocenters. The third-order valence-corrected chi connectivity index (χ3v) is 5.45. The van der Waals surface area contributed by atoms with Crippen LogP contribution >= 0.6 is 0 Å². The van der Waals surface area contributed by atoms with Crippen molar-refractivity contribution < 1.29 is 54.8 Å². The number of rotatable bonds is 4. The number of hydrogen-bond donors (Lipinski definition) is 7. The van der Waals surface area contributed by atoms with Crippen molar-refractivity contribution in [1.29, 1.82) is 0 Å². The number of aliphatic hydroxyl groups is 4. The largest absolute Gasteiger partial charge is 0.508 e. The van der Waals surface area contributed by atoms with Crippen molar-refractivity contribution in [3.63, 3.8) is 0 Å². The number of hydrogen-bond acceptors (Lipinski definition) is 11. The van der Waals surface area contributed by atoms with Crippen LogP contribution in [0.2, 0.25) is 0 Å². The summed E-state index contributed by atoms with van der Waals surface area (Å²) in [7, 11) is 0. The summed E-state index contributed by atoms with van der Waals surface area (Å²) in [6.45, 7) is -0.690. The van der Waals surface area contributed by atoms with Crippen LogP contribution in [0.25, 0.3) is 0 Å².